The van der Waals surface area contributed by atoms with Gasteiger partial charge in [-0.15, -0.1) is 0 Å². The Kier molecular flexibility index (Phi) is 6.16. The van der Waals surface area contributed by atoms with Crippen LogP contribution in [0.4, 0.5) is 5.69 Å². The van der Waals surface area contributed by atoms with Gasteiger partial charge in [0.15, 0.2) is 0 Å². The van der Waals surface area contributed by atoms with Crippen molar-refractivity contribution in [3.8, 4) is 5.75 Å². The van der Waals surface area contributed by atoms with Crippen LogP contribution in [-0.2, 0) is 11.2 Å². The molecule has 1 atom stereocenters. The zero-order valence-electron chi connectivity index (χ0n) is 19.2. The number of anilines is 1. The molecule has 1 N–H and O–H groups in total. The number of rotatable bonds is 4. The Bertz CT molecular complexity index is 1300. The number of ether oxygens (including phenoxy) is 1. The van der Waals surface area contributed by atoms with Crippen LogP contribution in [0.2, 0.25) is 0 Å². The average Bonchev–Trinajstić information content (AvgIpc) is 2.87. The standard InChI is InChI=1S/C28H26N2O3S/c1-30-24-17-20(27(31)29-23-12-6-9-19-8-3-4-11-22(19)23)13-14-25(24)34-26(28(30)32)16-18-7-5-10-21(15-18)33-2/h3-5,7-8,10-11,13-17,23H,6,9,12H2,1-2H3,(H,29,31). The molecule has 5 nitrogen and oxygen atoms in total. The fourth-order valence-electron chi connectivity index (χ4n) is 4.56. The highest BCUT2D eigenvalue weighted by molar-refractivity contribution is 8.04. The summed E-state index contributed by atoms with van der Waals surface area (Å²) in [6.07, 6.45) is 4.91. The van der Waals surface area contributed by atoms with Gasteiger partial charge in [-0.25, -0.2) is 0 Å². The van der Waals surface area contributed by atoms with Crippen LogP contribution in [0.3, 0.4) is 0 Å². The normalized spacial score (nSPS) is 18.3. The maximum atomic E-state index is 13.1. The topological polar surface area (TPSA) is 58.6 Å². The average molecular weight is 471 g/mol. The van der Waals surface area contributed by atoms with Gasteiger partial charge in [-0.2, -0.15) is 0 Å². The summed E-state index contributed by atoms with van der Waals surface area (Å²) in [4.78, 5) is 29.4. The van der Waals surface area contributed by atoms with Gasteiger partial charge in [0.05, 0.1) is 23.7 Å². The minimum Gasteiger partial charge on any atom is -0.497 e. The Morgan fingerprint density at radius 3 is 2.82 bits per heavy atom. The summed E-state index contributed by atoms with van der Waals surface area (Å²) < 4.78 is 5.29. The molecule has 0 radical (unpaired) electrons. The van der Waals surface area contributed by atoms with Gasteiger partial charge in [0.25, 0.3) is 11.8 Å². The number of carbonyl (C=O) groups is 2. The smallest absolute Gasteiger partial charge is 0.264 e. The Morgan fingerprint density at radius 1 is 1.12 bits per heavy atom. The van der Waals surface area contributed by atoms with E-state index in [-0.39, 0.29) is 17.9 Å². The molecular weight excluding hydrogens is 444 g/mol. The molecule has 0 saturated carbocycles. The molecule has 0 aromatic heterocycles. The van der Waals surface area contributed by atoms with E-state index in [1.54, 1.807) is 19.1 Å². The first-order chi connectivity index (χ1) is 16.5. The maximum Gasteiger partial charge on any atom is 0.264 e. The van der Waals surface area contributed by atoms with Crippen molar-refractivity contribution < 1.29 is 14.3 Å². The third-order valence-corrected chi connectivity index (χ3v) is 7.46. The lowest BCUT2D eigenvalue weighted by atomic mass is 9.87. The van der Waals surface area contributed by atoms with E-state index in [9.17, 15) is 9.59 Å². The summed E-state index contributed by atoms with van der Waals surface area (Å²) in [5, 5.41) is 3.20. The third-order valence-electron chi connectivity index (χ3n) is 6.38. The van der Waals surface area contributed by atoms with E-state index in [0.29, 0.717) is 10.5 Å². The number of methoxy groups -OCH3 is 1. The molecule has 34 heavy (non-hydrogen) atoms. The summed E-state index contributed by atoms with van der Waals surface area (Å²) in [6, 6.07) is 21.5. The zero-order chi connectivity index (χ0) is 23.7. The summed E-state index contributed by atoms with van der Waals surface area (Å²) in [6.45, 7) is 0. The van der Waals surface area contributed by atoms with E-state index in [2.05, 4.69) is 17.4 Å². The van der Waals surface area contributed by atoms with Crippen LogP contribution in [0.1, 0.15) is 45.9 Å². The van der Waals surface area contributed by atoms with Crippen LogP contribution in [0.15, 0.2) is 76.5 Å². The molecular formula is C28H26N2O3S. The van der Waals surface area contributed by atoms with Crippen molar-refractivity contribution in [1.29, 1.82) is 0 Å². The fraction of sp³-hybridized carbons (Fsp3) is 0.214. The maximum absolute atomic E-state index is 13.1. The van der Waals surface area contributed by atoms with Crippen LogP contribution >= 0.6 is 11.8 Å². The van der Waals surface area contributed by atoms with Crippen LogP contribution in [0, 0.1) is 0 Å². The van der Waals surface area contributed by atoms with Gasteiger partial charge in [0.1, 0.15) is 5.75 Å². The highest BCUT2D eigenvalue weighted by Gasteiger charge is 2.28. The molecule has 3 aromatic rings. The SMILES string of the molecule is COc1cccc(C=C2Sc3ccc(C(=O)NC4CCCc5ccccc54)cc3N(C)C2=O)c1. The van der Waals surface area contributed by atoms with Gasteiger partial charge in [-0.1, -0.05) is 48.2 Å². The number of hydrogen-bond donors (Lipinski definition) is 1. The van der Waals surface area contributed by atoms with Gasteiger partial charge < -0.3 is 15.0 Å². The van der Waals surface area contributed by atoms with Crippen LogP contribution < -0.4 is 15.0 Å². The van der Waals surface area contributed by atoms with Gasteiger partial charge in [0.2, 0.25) is 0 Å². The predicted octanol–water partition coefficient (Wildman–Crippen LogP) is 5.61. The van der Waals surface area contributed by atoms with Crippen molar-refractivity contribution >= 4 is 35.3 Å². The Labute approximate surface area is 203 Å². The van der Waals surface area contributed by atoms with Crippen LogP contribution in [0.5, 0.6) is 5.75 Å². The number of aryl methyl sites for hydroxylation is 1. The lowest BCUT2D eigenvalue weighted by Crippen LogP contribution is -2.32. The van der Waals surface area contributed by atoms with Gasteiger partial charge in [-0.3, -0.25) is 9.59 Å². The third kappa shape index (κ3) is 4.33. The molecule has 1 aliphatic heterocycles. The van der Waals surface area contributed by atoms with E-state index in [4.69, 9.17) is 4.74 Å². The summed E-state index contributed by atoms with van der Waals surface area (Å²) in [7, 11) is 3.37. The Morgan fingerprint density at radius 2 is 1.97 bits per heavy atom. The van der Waals surface area contributed by atoms with E-state index in [1.807, 2.05) is 60.7 Å². The van der Waals surface area contributed by atoms with E-state index < -0.39 is 0 Å². The first kappa shape index (κ1) is 22.3. The summed E-state index contributed by atoms with van der Waals surface area (Å²) in [5.74, 6) is 0.528. The predicted molar refractivity (Wildman–Crippen MR) is 136 cm³/mol. The lowest BCUT2D eigenvalue weighted by molar-refractivity contribution is -0.114. The molecule has 0 bridgehead atoms. The number of thioether (sulfide) groups is 1. The summed E-state index contributed by atoms with van der Waals surface area (Å²) in [5.41, 5.74) is 4.71. The van der Waals surface area contributed by atoms with Crippen molar-refractivity contribution in [1.82, 2.24) is 5.32 Å². The second kappa shape index (κ2) is 9.39. The summed E-state index contributed by atoms with van der Waals surface area (Å²) >= 11 is 1.42. The Balaban J connectivity index is 1.38. The number of nitrogens with one attached hydrogen (secondary N) is 1. The molecule has 5 rings (SSSR count). The number of benzene rings is 3. The number of fused-ring (bicyclic) bond motifs is 2. The van der Waals surface area contributed by atoms with Crippen molar-refractivity contribution in [2.24, 2.45) is 0 Å². The number of likely N-dealkylation sites (N-methyl/N-ethyl adjacent to an activating group) is 1. The number of carbonyl (C=O) groups excluding carboxylic acids is 2. The first-order valence-corrected chi connectivity index (χ1v) is 12.2. The van der Waals surface area contributed by atoms with Gasteiger partial charge in [0, 0.05) is 17.5 Å². The molecule has 172 valence electrons. The van der Waals surface area contributed by atoms with Crippen molar-refractivity contribution in [2.75, 3.05) is 19.1 Å². The molecule has 6 heteroatoms. The minimum atomic E-state index is -0.118. The minimum absolute atomic E-state index is 0.0135. The lowest BCUT2D eigenvalue weighted by Gasteiger charge is -2.28. The second-order valence-electron chi connectivity index (χ2n) is 8.55. The molecule has 0 saturated heterocycles. The number of hydrogen-bond acceptors (Lipinski definition) is 4. The van der Waals surface area contributed by atoms with E-state index >= 15 is 0 Å². The van der Waals surface area contributed by atoms with Crippen LogP contribution in [0.25, 0.3) is 6.08 Å². The molecule has 2 amide bonds. The van der Waals surface area contributed by atoms with Crippen molar-refractivity contribution in [3.05, 3.63) is 93.9 Å². The Hall–Kier alpha value is -3.51. The number of amides is 2. The largest absolute Gasteiger partial charge is 0.497 e. The van der Waals surface area contributed by atoms with Gasteiger partial charge >= 0.3 is 0 Å². The van der Waals surface area contributed by atoms with E-state index in [0.717, 1.165) is 41.2 Å². The quantitative estimate of drug-likeness (QED) is 0.504. The van der Waals surface area contributed by atoms with Crippen molar-refractivity contribution in [3.63, 3.8) is 0 Å². The monoisotopic (exact) mass is 470 g/mol. The highest BCUT2D eigenvalue weighted by atomic mass is 32.2. The molecule has 0 fully saturated rings. The van der Waals surface area contributed by atoms with Gasteiger partial charge in [-0.05, 0) is 72.4 Å². The highest BCUT2D eigenvalue weighted by Crippen LogP contribution is 2.42. The number of nitrogens with zero attached hydrogens (tertiary/aromatic N) is 1. The first-order valence-electron chi connectivity index (χ1n) is 11.4. The fourth-order valence-corrected chi connectivity index (χ4v) is 5.66. The molecule has 0 spiro atoms. The second-order valence-corrected chi connectivity index (χ2v) is 9.63. The van der Waals surface area contributed by atoms with Crippen LogP contribution in [-0.4, -0.2) is 26.0 Å². The molecule has 1 unspecified atom stereocenters. The molecule has 2 aliphatic rings. The molecule has 3 aromatic carbocycles. The van der Waals surface area contributed by atoms with E-state index in [1.165, 1.54) is 22.9 Å². The van der Waals surface area contributed by atoms with Crippen molar-refractivity contribution in [2.45, 2.75) is 30.2 Å². The zero-order valence-corrected chi connectivity index (χ0v) is 20.0. The molecule has 1 heterocycles. The molecule has 1 aliphatic carbocycles.